The van der Waals surface area contributed by atoms with Gasteiger partial charge in [-0.25, -0.2) is 4.98 Å². The molecule has 1 N–H and O–H groups in total. The quantitative estimate of drug-likeness (QED) is 0.680. The molecule has 0 aliphatic heterocycles. The third-order valence-electron chi connectivity index (χ3n) is 3.25. The van der Waals surface area contributed by atoms with E-state index in [4.69, 9.17) is 16.3 Å². The van der Waals surface area contributed by atoms with Crippen molar-refractivity contribution in [2.75, 3.05) is 12.4 Å². The van der Waals surface area contributed by atoms with Gasteiger partial charge in [0.05, 0.1) is 18.3 Å². The molecule has 130 valence electrons. The van der Waals surface area contributed by atoms with Crippen LogP contribution in [-0.4, -0.2) is 28.0 Å². The molecular formula is C17H13ClN6O2. The number of methoxy groups -OCH3 is 1. The minimum atomic E-state index is -0.377. The molecule has 1 amide bonds. The van der Waals surface area contributed by atoms with Crippen LogP contribution in [0.15, 0.2) is 65.5 Å². The summed E-state index contributed by atoms with van der Waals surface area (Å²) in [6.45, 7) is 0. The van der Waals surface area contributed by atoms with E-state index in [1.807, 2.05) is 0 Å². The second-order valence-corrected chi connectivity index (χ2v) is 5.37. The Kier molecular flexibility index (Phi) is 5.45. The number of carbonyl (C=O) groups excluding carboxylic acids is 1. The zero-order valence-electron chi connectivity index (χ0n) is 13.6. The van der Waals surface area contributed by atoms with Crippen molar-refractivity contribution in [3.63, 3.8) is 0 Å². The van der Waals surface area contributed by atoms with E-state index in [2.05, 4.69) is 30.5 Å². The molecular weight excluding hydrogens is 356 g/mol. The van der Waals surface area contributed by atoms with Gasteiger partial charge in [0.2, 0.25) is 0 Å². The van der Waals surface area contributed by atoms with Crippen LogP contribution >= 0.6 is 11.6 Å². The van der Waals surface area contributed by atoms with Gasteiger partial charge in [0.25, 0.3) is 5.91 Å². The van der Waals surface area contributed by atoms with Crippen LogP contribution in [0.3, 0.4) is 0 Å². The molecule has 0 saturated heterocycles. The summed E-state index contributed by atoms with van der Waals surface area (Å²) in [5.41, 5.74) is 1.71. The van der Waals surface area contributed by atoms with E-state index in [0.717, 1.165) is 0 Å². The van der Waals surface area contributed by atoms with E-state index >= 15 is 0 Å². The van der Waals surface area contributed by atoms with Crippen molar-refractivity contribution in [2.45, 2.75) is 0 Å². The van der Waals surface area contributed by atoms with Crippen molar-refractivity contribution in [1.82, 2.24) is 15.0 Å². The molecule has 3 rings (SSSR count). The van der Waals surface area contributed by atoms with Crippen LogP contribution in [0.5, 0.6) is 5.75 Å². The number of aromatic nitrogens is 3. The number of ether oxygens (including phenoxy) is 1. The first-order chi connectivity index (χ1) is 12.7. The number of carbonyl (C=O) groups is 1. The summed E-state index contributed by atoms with van der Waals surface area (Å²) in [6, 6.07) is 6.63. The highest BCUT2D eigenvalue weighted by Gasteiger charge is 2.10. The van der Waals surface area contributed by atoms with Crippen molar-refractivity contribution >= 4 is 34.6 Å². The lowest BCUT2D eigenvalue weighted by atomic mass is 10.2. The second-order valence-electron chi connectivity index (χ2n) is 4.96. The van der Waals surface area contributed by atoms with Gasteiger partial charge in [-0.15, -0.1) is 10.2 Å². The standard InChI is InChI=1S/C17H13ClN6O2/c1-26-16-8-11(22-17(25)15-10-20-6-7-21-15)2-3-14(16)24-23-13-4-5-19-9-12(13)18/h2-10H,1H3,(H,22,25)/b24-23+. The first kappa shape index (κ1) is 17.4. The van der Waals surface area contributed by atoms with Gasteiger partial charge in [0.15, 0.2) is 0 Å². The van der Waals surface area contributed by atoms with Gasteiger partial charge in [0.1, 0.15) is 22.8 Å². The third-order valence-corrected chi connectivity index (χ3v) is 3.54. The number of hydrogen-bond donors (Lipinski definition) is 1. The summed E-state index contributed by atoms with van der Waals surface area (Å²) >= 11 is 6.00. The van der Waals surface area contributed by atoms with E-state index in [-0.39, 0.29) is 11.6 Å². The van der Waals surface area contributed by atoms with E-state index < -0.39 is 0 Å². The molecule has 0 bridgehead atoms. The molecule has 2 heterocycles. The molecule has 1 aromatic carbocycles. The Morgan fingerprint density at radius 1 is 1.08 bits per heavy atom. The Morgan fingerprint density at radius 3 is 2.62 bits per heavy atom. The van der Waals surface area contributed by atoms with Gasteiger partial charge in [-0.1, -0.05) is 11.6 Å². The van der Waals surface area contributed by atoms with Gasteiger partial charge in [-0.2, -0.15) is 0 Å². The van der Waals surface area contributed by atoms with Gasteiger partial charge >= 0.3 is 0 Å². The van der Waals surface area contributed by atoms with Crippen LogP contribution in [0.2, 0.25) is 5.02 Å². The summed E-state index contributed by atoms with van der Waals surface area (Å²) in [4.78, 5) is 23.8. The molecule has 0 fully saturated rings. The number of halogens is 1. The number of nitrogens with zero attached hydrogens (tertiary/aromatic N) is 5. The number of pyridine rings is 1. The molecule has 9 heteroatoms. The number of benzene rings is 1. The van der Waals surface area contributed by atoms with Crippen molar-refractivity contribution < 1.29 is 9.53 Å². The highest BCUT2D eigenvalue weighted by molar-refractivity contribution is 6.32. The minimum Gasteiger partial charge on any atom is -0.494 e. The van der Waals surface area contributed by atoms with Crippen LogP contribution in [0.25, 0.3) is 0 Å². The Hall–Kier alpha value is -3.39. The van der Waals surface area contributed by atoms with E-state index in [9.17, 15) is 4.79 Å². The number of hydrogen-bond acceptors (Lipinski definition) is 7. The topological polar surface area (TPSA) is 102 Å². The molecule has 0 aliphatic rings. The first-order valence-corrected chi connectivity index (χ1v) is 7.82. The maximum Gasteiger partial charge on any atom is 0.275 e. The zero-order chi connectivity index (χ0) is 18.4. The smallest absolute Gasteiger partial charge is 0.275 e. The number of anilines is 1. The molecule has 8 nitrogen and oxygen atoms in total. The minimum absolute atomic E-state index is 0.211. The molecule has 0 radical (unpaired) electrons. The van der Waals surface area contributed by atoms with Gasteiger partial charge in [0, 0.05) is 36.5 Å². The molecule has 0 spiro atoms. The van der Waals surface area contributed by atoms with Crippen LogP contribution < -0.4 is 10.1 Å². The lowest BCUT2D eigenvalue weighted by Crippen LogP contribution is -2.13. The van der Waals surface area contributed by atoms with Crippen molar-refractivity contribution in [3.05, 3.63) is 66.0 Å². The lowest BCUT2D eigenvalue weighted by Gasteiger charge is -2.08. The van der Waals surface area contributed by atoms with Gasteiger partial charge in [-0.05, 0) is 18.2 Å². The maximum atomic E-state index is 12.1. The molecule has 0 unspecified atom stereocenters. The highest BCUT2D eigenvalue weighted by Crippen LogP contribution is 2.33. The van der Waals surface area contributed by atoms with Crippen LogP contribution in [0.4, 0.5) is 17.1 Å². The van der Waals surface area contributed by atoms with Crippen LogP contribution in [-0.2, 0) is 0 Å². The molecule has 3 aromatic rings. The predicted molar refractivity (Wildman–Crippen MR) is 96.4 cm³/mol. The molecule has 0 atom stereocenters. The number of nitrogens with one attached hydrogen (secondary N) is 1. The summed E-state index contributed by atoms with van der Waals surface area (Å²) < 4.78 is 5.31. The number of amides is 1. The predicted octanol–water partition coefficient (Wildman–Crippen LogP) is 4.20. The van der Waals surface area contributed by atoms with Crippen LogP contribution in [0.1, 0.15) is 10.5 Å². The zero-order valence-corrected chi connectivity index (χ0v) is 14.4. The Morgan fingerprint density at radius 2 is 1.88 bits per heavy atom. The van der Waals surface area contributed by atoms with E-state index in [0.29, 0.717) is 27.8 Å². The Labute approximate surface area is 154 Å². The fourth-order valence-corrected chi connectivity index (χ4v) is 2.16. The summed E-state index contributed by atoms with van der Waals surface area (Å²) in [5.74, 6) is 0.0639. The van der Waals surface area contributed by atoms with Crippen molar-refractivity contribution in [2.24, 2.45) is 10.2 Å². The van der Waals surface area contributed by atoms with Gasteiger partial charge < -0.3 is 10.1 Å². The number of rotatable bonds is 5. The molecule has 0 aliphatic carbocycles. The lowest BCUT2D eigenvalue weighted by molar-refractivity contribution is 0.102. The van der Waals surface area contributed by atoms with Crippen molar-refractivity contribution in [3.8, 4) is 5.75 Å². The molecule has 0 saturated carbocycles. The van der Waals surface area contributed by atoms with E-state index in [1.165, 1.54) is 31.9 Å². The first-order valence-electron chi connectivity index (χ1n) is 7.44. The highest BCUT2D eigenvalue weighted by atomic mass is 35.5. The van der Waals surface area contributed by atoms with Crippen molar-refractivity contribution in [1.29, 1.82) is 0 Å². The summed E-state index contributed by atoms with van der Waals surface area (Å²) in [6.07, 6.45) is 7.38. The molecule has 26 heavy (non-hydrogen) atoms. The molecule has 2 aromatic heterocycles. The normalized spacial score (nSPS) is 10.7. The van der Waals surface area contributed by atoms with E-state index in [1.54, 1.807) is 30.5 Å². The fourth-order valence-electron chi connectivity index (χ4n) is 2.01. The summed E-state index contributed by atoms with van der Waals surface area (Å²) in [5, 5.41) is 11.3. The Bertz CT molecular complexity index is 949. The third kappa shape index (κ3) is 4.17. The van der Waals surface area contributed by atoms with Gasteiger partial charge in [-0.3, -0.25) is 14.8 Å². The largest absolute Gasteiger partial charge is 0.494 e. The summed E-state index contributed by atoms with van der Waals surface area (Å²) in [7, 11) is 1.50. The maximum absolute atomic E-state index is 12.1. The fraction of sp³-hybridized carbons (Fsp3) is 0.0588. The average molecular weight is 369 g/mol. The number of azo groups is 1. The average Bonchev–Trinajstić information content (AvgIpc) is 2.68. The van der Waals surface area contributed by atoms with Crippen LogP contribution in [0, 0.1) is 0 Å². The second kappa shape index (κ2) is 8.13. The SMILES string of the molecule is COc1cc(NC(=O)c2cnccn2)ccc1/N=N/c1ccncc1Cl. The Balaban J connectivity index is 1.80. The monoisotopic (exact) mass is 368 g/mol.